The molecule has 2 heteroatoms. The lowest BCUT2D eigenvalue weighted by atomic mass is 9.89. The average molecular weight is 199 g/mol. The van der Waals surface area contributed by atoms with Gasteiger partial charge in [-0.2, -0.15) is 0 Å². The molecule has 1 unspecified atom stereocenters. The van der Waals surface area contributed by atoms with Crippen LogP contribution in [0.4, 0.5) is 0 Å². The van der Waals surface area contributed by atoms with E-state index in [0.717, 1.165) is 18.4 Å². The Kier molecular flexibility index (Phi) is 4.86. The van der Waals surface area contributed by atoms with Gasteiger partial charge in [0.1, 0.15) is 0 Å². The summed E-state index contributed by atoms with van der Waals surface area (Å²) in [6, 6.07) is 0. The molecule has 0 aliphatic carbocycles. The van der Waals surface area contributed by atoms with Crippen LogP contribution in [0.1, 0.15) is 40.0 Å². The lowest BCUT2D eigenvalue weighted by Gasteiger charge is -2.18. The zero-order chi connectivity index (χ0) is 9.68. The number of hydrogen-bond acceptors (Lipinski definition) is 2. The molecule has 0 saturated heterocycles. The Morgan fingerprint density at radius 3 is 2.69 bits per heavy atom. The SMILES string of the molecule is CCC(CCC1=NCCS1)C(C)C. The second-order valence-electron chi connectivity index (χ2n) is 4.07. The molecule has 1 aliphatic heterocycles. The summed E-state index contributed by atoms with van der Waals surface area (Å²) in [7, 11) is 0. The van der Waals surface area contributed by atoms with Crippen LogP contribution in [0.25, 0.3) is 0 Å². The minimum absolute atomic E-state index is 0.831. The zero-order valence-electron chi connectivity index (χ0n) is 9.05. The van der Waals surface area contributed by atoms with Gasteiger partial charge in [0.25, 0.3) is 0 Å². The molecular weight excluding hydrogens is 178 g/mol. The van der Waals surface area contributed by atoms with Crippen molar-refractivity contribution < 1.29 is 0 Å². The fourth-order valence-electron chi connectivity index (χ4n) is 1.85. The number of hydrogen-bond donors (Lipinski definition) is 0. The molecule has 13 heavy (non-hydrogen) atoms. The fourth-order valence-corrected chi connectivity index (χ4v) is 2.71. The Labute approximate surface area is 86.4 Å². The van der Waals surface area contributed by atoms with Crippen LogP contribution in [-0.4, -0.2) is 17.3 Å². The highest BCUT2D eigenvalue weighted by Gasteiger charge is 2.13. The van der Waals surface area contributed by atoms with Crippen molar-refractivity contribution in [3.8, 4) is 0 Å². The van der Waals surface area contributed by atoms with Gasteiger partial charge in [-0.1, -0.05) is 27.2 Å². The maximum absolute atomic E-state index is 4.48. The van der Waals surface area contributed by atoms with Crippen molar-refractivity contribution in [1.82, 2.24) is 0 Å². The molecule has 0 aromatic rings. The molecule has 1 nitrogen and oxygen atoms in total. The molecular formula is C11H21NS. The number of thioether (sulfide) groups is 1. The van der Waals surface area contributed by atoms with E-state index in [1.807, 2.05) is 11.8 Å². The van der Waals surface area contributed by atoms with Crippen molar-refractivity contribution >= 4 is 16.8 Å². The van der Waals surface area contributed by atoms with E-state index in [1.165, 1.54) is 30.1 Å². The van der Waals surface area contributed by atoms with Crippen LogP contribution in [0.3, 0.4) is 0 Å². The molecule has 0 aromatic heterocycles. The molecule has 0 saturated carbocycles. The van der Waals surface area contributed by atoms with Crippen molar-refractivity contribution in [2.45, 2.75) is 40.0 Å². The summed E-state index contributed by atoms with van der Waals surface area (Å²) in [5, 5.41) is 1.40. The quantitative estimate of drug-likeness (QED) is 0.659. The van der Waals surface area contributed by atoms with Gasteiger partial charge in [0.05, 0.1) is 5.04 Å². The molecule has 1 heterocycles. The van der Waals surface area contributed by atoms with Gasteiger partial charge in [-0.15, -0.1) is 11.8 Å². The Hall–Kier alpha value is 0.0200. The van der Waals surface area contributed by atoms with Crippen molar-refractivity contribution in [3.05, 3.63) is 0 Å². The molecule has 1 atom stereocenters. The average Bonchev–Trinajstić information content (AvgIpc) is 2.57. The third kappa shape index (κ3) is 3.72. The summed E-state index contributed by atoms with van der Waals surface area (Å²) in [4.78, 5) is 4.48. The summed E-state index contributed by atoms with van der Waals surface area (Å²) in [5.74, 6) is 2.94. The predicted octanol–water partition coefficient (Wildman–Crippen LogP) is 3.59. The van der Waals surface area contributed by atoms with Gasteiger partial charge >= 0.3 is 0 Å². The number of rotatable bonds is 5. The Balaban J connectivity index is 2.23. The van der Waals surface area contributed by atoms with E-state index in [1.54, 1.807) is 0 Å². The number of nitrogens with zero attached hydrogens (tertiary/aromatic N) is 1. The zero-order valence-corrected chi connectivity index (χ0v) is 9.86. The Bertz CT molecular complexity index is 175. The smallest absolute Gasteiger partial charge is 0.0677 e. The maximum Gasteiger partial charge on any atom is 0.0677 e. The second kappa shape index (κ2) is 5.69. The Morgan fingerprint density at radius 2 is 2.23 bits per heavy atom. The molecule has 0 N–H and O–H groups in total. The predicted molar refractivity (Wildman–Crippen MR) is 62.6 cm³/mol. The third-order valence-corrected chi connectivity index (χ3v) is 3.90. The third-order valence-electron chi connectivity index (χ3n) is 2.84. The van der Waals surface area contributed by atoms with E-state index < -0.39 is 0 Å². The van der Waals surface area contributed by atoms with E-state index in [4.69, 9.17) is 0 Å². The van der Waals surface area contributed by atoms with E-state index >= 15 is 0 Å². The van der Waals surface area contributed by atoms with Gasteiger partial charge in [0.2, 0.25) is 0 Å². The van der Waals surface area contributed by atoms with Crippen molar-refractivity contribution in [1.29, 1.82) is 0 Å². The fraction of sp³-hybridized carbons (Fsp3) is 0.909. The van der Waals surface area contributed by atoms with E-state index in [9.17, 15) is 0 Å². The van der Waals surface area contributed by atoms with Gasteiger partial charge in [-0.3, -0.25) is 4.99 Å². The van der Waals surface area contributed by atoms with Crippen LogP contribution in [0.2, 0.25) is 0 Å². The normalized spacial score (nSPS) is 19.2. The summed E-state index contributed by atoms with van der Waals surface area (Å²) >= 11 is 1.96. The van der Waals surface area contributed by atoms with E-state index in [-0.39, 0.29) is 0 Å². The second-order valence-corrected chi connectivity index (χ2v) is 5.24. The molecule has 76 valence electrons. The first-order chi connectivity index (χ1) is 6.24. The van der Waals surface area contributed by atoms with Gasteiger partial charge in [-0.25, -0.2) is 0 Å². The first-order valence-electron chi connectivity index (χ1n) is 5.40. The van der Waals surface area contributed by atoms with Crippen LogP contribution >= 0.6 is 11.8 Å². The highest BCUT2D eigenvalue weighted by Crippen LogP contribution is 2.24. The molecule has 0 radical (unpaired) electrons. The topological polar surface area (TPSA) is 12.4 Å². The van der Waals surface area contributed by atoms with Crippen LogP contribution in [0, 0.1) is 11.8 Å². The lowest BCUT2D eigenvalue weighted by molar-refractivity contribution is 0.355. The van der Waals surface area contributed by atoms with Crippen molar-refractivity contribution in [2.24, 2.45) is 16.8 Å². The maximum atomic E-state index is 4.48. The molecule has 0 fully saturated rings. The molecule has 1 aliphatic rings. The molecule has 0 amide bonds. The molecule has 0 aromatic carbocycles. The molecule has 0 spiro atoms. The van der Waals surface area contributed by atoms with Crippen LogP contribution in [0.15, 0.2) is 4.99 Å². The summed E-state index contributed by atoms with van der Waals surface area (Å²) in [5.41, 5.74) is 0. The highest BCUT2D eigenvalue weighted by molar-refractivity contribution is 8.14. The largest absolute Gasteiger partial charge is 0.282 e. The monoisotopic (exact) mass is 199 g/mol. The summed E-state index contributed by atoms with van der Waals surface area (Å²) < 4.78 is 0. The summed E-state index contributed by atoms with van der Waals surface area (Å²) in [6.07, 6.45) is 3.87. The van der Waals surface area contributed by atoms with Crippen LogP contribution in [-0.2, 0) is 0 Å². The van der Waals surface area contributed by atoms with Gasteiger partial charge in [0, 0.05) is 12.3 Å². The highest BCUT2D eigenvalue weighted by atomic mass is 32.2. The first-order valence-corrected chi connectivity index (χ1v) is 6.38. The minimum Gasteiger partial charge on any atom is -0.282 e. The standard InChI is InChI=1S/C11H21NS/c1-4-10(9(2)3)5-6-11-12-7-8-13-11/h9-10H,4-8H2,1-3H3. The van der Waals surface area contributed by atoms with Crippen LogP contribution in [0.5, 0.6) is 0 Å². The number of aliphatic imine (C=N–C) groups is 1. The van der Waals surface area contributed by atoms with Crippen molar-refractivity contribution in [3.63, 3.8) is 0 Å². The Morgan fingerprint density at radius 1 is 1.46 bits per heavy atom. The summed E-state index contributed by atoms with van der Waals surface area (Å²) in [6.45, 7) is 8.02. The molecule has 0 bridgehead atoms. The van der Waals surface area contributed by atoms with Crippen LogP contribution < -0.4 is 0 Å². The van der Waals surface area contributed by atoms with Crippen molar-refractivity contribution in [2.75, 3.05) is 12.3 Å². The molecule has 1 rings (SSSR count). The van der Waals surface area contributed by atoms with Gasteiger partial charge in [0.15, 0.2) is 0 Å². The van der Waals surface area contributed by atoms with Gasteiger partial charge in [-0.05, 0) is 24.7 Å². The lowest BCUT2D eigenvalue weighted by Crippen LogP contribution is -2.08. The van der Waals surface area contributed by atoms with Gasteiger partial charge < -0.3 is 0 Å². The van der Waals surface area contributed by atoms with E-state index in [0.29, 0.717) is 0 Å². The minimum atomic E-state index is 0.831. The first kappa shape index (κ1) is 11.1. The van der Waals surface area contributed by atoms with E-state index in [2.05, 4.69) is 25.8 Å².